The number of halogens is 2. The largest absolute Gasteiger partial charge is 0.467 e. The van der Waals surface area contributed by atoms with Crippen molar-refractivity contribution in [2.24, 2.45) is 0 Å². The fraction of sp³-hybridized carbons (Fsp3) is 0.250. The fourth-order valence-corrected chi connectivity index (χ4v) is 2.78. The Bertz CT molecular complexity index is 785. The number of hydrogen-bond donors (Lipinski definition) is 1. The van der Waals surface area contributed by atoms with Gasteiger partial charge >= 0.3 is 0 Å². The van der Waals surface area contributed by atoms with Crippen LogP contribution in [0.3, 0.4) is 0 Å². The van der Waals surface area contributed by atoms with Crippen molar-refractivity contribution in [2.45, 2.75) is 13.0 Å². The van der Waals surface area contributed by atoms with Crippen LogP contribution in [0.15, 0.2) is 30.3 Å². The van der Waals surface area contributed by atoms with Gasteiger partial charge in [-0.2, -0.15) is 0 Å². The van der Waals surface area contributed by atoms with E-state index in [4.69, 9.17) is 21.1 Å². The number of nitro groups is 1. The Morgan fingerprint density at radius 1 is 1.33 bits per heavy atom. The first kappa shape index (κ1) is 16.5. The molecule has 6 nitrogen and oxygen atoms in total. The third-order valence-corrected chi connectivity index (χ3v) is 3.94. The smallest absolute Gasteiger partial charge is 0.271 e. The zero-order valence-corrected chi connectivity index (χ0v) is 13.3. The Balaban J connectivity index is 1.69. The third-order valence-electron chi connectivity index (χ3n) is 3.62. The minimum Gasteiger partial charge on any atom is -0.467 e. The average Bonchev–Trinajstić information content (AvgIpc) is 2.55. The molecule has 0 saturated heterocycles. The molecule has 1 aliphatic rings. The number of fused-ring (bicyclic) bond motifs is 1. The van der Waals surface area contributed by atoms with Crippen LogP contribution in [0.1, 0.15) is 11.1 Å². The van der Waals surface area contributed by atoms with E-state index in [-0.39, 0.29) is 23.3 Å². The summed E-state index contributed by atoms with van der Waals surface area (Å²) >= 11 is 6.03. The maximum Gasteiger partial charge on any atom is 0.271 e. The molecule has 1 aliphatic heterocycles. The van der Waals surface area contributed by atoms with E-state index in [0.717, 1.165) is 5.56 Å². The molecule has 0 amide bonds. The molecular formula is C16H14ClFN2O4. The van der Waals surface area contributed by atoms with E-state index in [1.807, 2.05) is 0 Å². The standard InChI is InChI=1S/C16H14ClFN2O4/c17-14-7-13(20(21)22)1-2-15(14)19-4-3-10-5-12(18)6-11-8-23-9-24-16(10)11/h1-2,5-7,19H,3-4,8-9H2. The van der Waals surface area contributed by atoms with E-state index in [1.54, 1.807) is 6.07 Å². The Morgan fingerprint density at radius 2 is 2.17 bits per heavy atom. The number of nitro benzene ring substituents is 1. The minimum atomic E-state index is -0.506. The van der Waals surface area contributed by atoms with Crippen LogP contribution >= 0.6 is 11.6 Å². The van der Waals surface area contributed by atoms with Crippen molar-refractivity contribution in [1.29, 1.82) is 0 Å². The monoisotopic (exact) mass is 352 g/mol. The number of nitrogens with one attached hydrogen (secondary N) is 1. The first-order valence-corrected chi connectivity index (χ1v) is 7.62. The van der Waals surface area contributed by atoms with Crippen molar-refractivity contribution in [1.82, 2.24) is 0 Å². The molecule has 0 saturated carbocycles. The maximum absolute atomic E-state index is 13.7. The predicted molar refractivity (Wildman–Crippen MR) is 87.0 cm³/mol. The molecule has 8 heteroatoms. The quantitative estimate of drug-likeness (QED) is 0.652. The highest BCUT2D eigenvalue weighted by Crippen LogP contribution is 2.30. The molecule has 1 N–H and O–H groups in total. The molecule has 2 aromatic carbocycles. The average molecular weight is 353 g/mol. The Kier molecular flexibility index (Phi) is 4.82. The summed E-state index contributed by atoms with van der Waals surface area (Å²) < 4.78 is 24.3. The van der Waals surface area contributed by atoms with Crippen LogP contribution in [-0.4, -0.2) is 18.3 Å². The van der Waals surface area contributed by atoms with Crippen molar-refractivity contribution >= 4 is 23.0 Å². The van der Waals surface area contributed by atoms with E-state index >= 15 is 0 Å². The molecule has 0 fully saturated rings. The summed E-state index contributed by atoms with van der Waals surface area (Å²) in [5.41, 5.74) is 1.93. The summed E-state index contributed by atoms with van der Waals surface area (Å²) in [6, 6.07) is 7.04. The van der Waals surface area contributed by atoms with Crippen LogP contribution < -0.4 is 10.1 Å². The lowest BCUT2D eigenvalue weighted by Crippen LogP contribution is -2.15. The number of anilines is 1. The van der Waals surface area contributed by atoms with E-state index in [1.165, 1.54) is 24.3 Å². The Labute approximate surface area is 142 Å². The van der Waals surface area contributed by atoms with Gasteiger partial charge in [0, 0.05) is 24.2 Å². The second-order valence-electron chi connectivity index (χ2n) is 5.26. The molecule has 0 radical (unpaired) electrons. The number of rotatable bonds is 5. The predicted octanol–water partition coefficient (Wildman–Crippen LogP) is 3.91. The highest BCUT2D eigenvalue weighted by molar-refractivity contribution is 6.33. The van der Waals surface area contributed by atoms with Gasteiger partial charge in [0.05, 0.1) is 22.2 Å². The molecule has 2 aromatic rings. The van der Waals surface area contributed by atoms with Crippen molar-refractivity contribution in [2.75, 3.05) is 18.7 Å². The van der Waals surface area contributed by atoms with Crippen molar-refractivity contribution in [3.63, 3.8) is 0 Å². The Morgan fingerprint density at radius 3 is 2.92 bits per heavy atom. The van der Waals surface area contributed by atoms with Crippen LogP contribution in [0.25, 0.3) is 0 Å². The number of non-ortho nitro benzene ring substituents is 1. The summed E-state index contributed by atoms with van der Waals surface area (Å²) in [6.45, 7) is 0.937. The minimum absolute atomic E-state index is 0.0712. The van der Waals surface area contributed by atoms with Gasteiger partial charge in [-0.25, -0.2) is 4.39 Å². The molecule has 0 atom stereocenters. The number of ether oxygens (including phenoxy) is 2. The summed E-state index contributed by atoms with van der Waals surface area (Å²) in [5, 5.41) is 14.0. The summed E-state index contributed by atoms with van der Waals surface area (Å²) in [4.78, 5) is 10.2. The van der Waals surface area contributed by atoms with Gasteiger partial charge in [-0.3, -0.25) is 10.1 Å². The lowest BCUT2D eigenvalue weighted by atomic mass is 10.1. The highest BCUT2D eigenvalue weighted by atomic mass is 35.5. The van der Waals surface area contributed by atoms with E-state index in [2.05, 4.69) is 5.32 Å². The highest BCUT2D eigenvalue weighted by Gasteiger charge is 2.17. The first-order valence-electron chi connectivity index (χ1n) is 7.24. The van der Waals surface area contributed by atoms with E-state index in [0.29, 0.717) is 36.6 Å². The zero-order chi connectivity index (χ0) is 17.1. The van der Waals surface area contributed by atoms with Gasteiger partial charge in [-0.15, -0.1) is 0 Å². The molecule has 0 unspecified atom stereocenters. The van der Waals surface area contributed by atoms with E-state index < -0.39 is 4.92 Å². The molecule has 0 bridgehead atoms. The molecular weight excluding hydrogens is 339 g/mol. The van der Waals surface area contributed by atoms with Crippen LogP contribution in [0.4, 0.5) is 15.8 Å². The SMILES string of the molecule is O=[N+]([O-])c1ccc(NCCc2cc(F)cc3c2OCOC3)c(Cl)c1. The van der Waals surface area contributed by atoms with Crippen molar-refractivity contribution in [3.8, 4) is 5.75 Å². The van der Waals surface area contributed by atoms with Gasteiger partial charge in [0.15, 0.2) is 6.79 Å². The summed E-state index contributed by atoms with van der Waals surface area (Å²) in [7, 11) is 0. The third kappa shape index (κ3) is 3.58. The second kappa shape index (κ2) is 7.02. The molecule has 3 rings (SSSR count). The van der Waals surface area contributed by atoms with Gasteiger partial charge < -0.3 is 14.8 Å². The van der Waals surface area contributed by atoms with Crippen molar-refractivity contribution in [3.05, 3.63) is 62.4 Å². The lowest BCUT2D eigenvalue weighted by molar-refractivity contribution is -0.384. The second-order valence-corrected chi connectivity index (χ2v) is 5.67. The molecule has 1 heterocycles. The molecule has 0 aromatic heterocycles. The van der Waals surface area contributed by atoms with Gasteiger partial charge in [0.25, 0.3) is 5.69 Å². The molecule has 0 spiro atoms. The molecule has 126 valence electrons. The van der Waals surface area contributed by atoms with Crippen LogP contribution in [0.2, 0.25) is 5.02 Å². The van der Waals surface area contributed by atoms with Crippen molar-refractivity contribution < 1.29 is 18.8 Å². The molecule has 0 aliphatic carbocycles. The summed E-state index contributed by atoms with van der Waals surface area (Å²) in [6.07, 6.45) is 0.507. The van der Waals surface area contributed by atoms with Crippen LogP contribution in [0, 0.1) is 15.9 Å². The van der Waals surface area contributed by atoms with Crippen LogP contribution in [-0.2, 0) is 17.8 Å². The lowest BCUT2D eigenvalue weighted by Gasteiger charge is -2.21. The fourth-order valence-electron chi connectivity index (χ4n) is 2.54. The van der Waals surface area contributed by atoms with Gasteiger partial charge in [-0.05, 0) is 30.2 Å². The zero-order valence-electron chi connectivity index (χ0n) is 12.6. The van der Waals surface area contributed by atoms with Gasteiger partial charge in [-0.1, -0.05) is 11.6 Å². The maximum atomic E-state index is 13.7. The topological polar surface area (TPSA) is 73.6 Å². The Hall–Kier alpha value is -2.38. The van der Waals surface area contributed by atoms with Gasteiger partial charge in [0.2, 0.25) is 0 Å². The first-order chi connectivity index (χ1) is 11.5. The normalized spacial score (nSPS) is 13.1. The molecule has 24 heavy (non-hydrogen) atoms. The number of hydrogen-bond acceptors (Lipinski definition) is 5. The van der Waals surface area contributed by atoms with Crippen LogP contribution in [0.5, 0.6) is 5.75 Å². The number of benzene rings is 2. The summed E-state index contributed by atoms with van der Waals surface area (Å²) in [5.74, 6) is 0.311. The number of nitrogens with zero attached hydrogens (tertiary/aromatic N) is 1. The van der Waals surface area contributed by atoms with E-state index in [9.17, 15) is 14.5 Å². The van der Waals surface area contributed by atoms with Gasteiger partial charge in [0.1, 0.15) is 11.6 Å².